The van der Waals surface area contributed by atoms with Gasteiger partial charge in [0.05, 0.1) is 0 Å². The van der Waals surface area contributed by atoms with Crippen LogP contribution in [-0.2, 0) is 0 Å². The van der Waals surface area contributed by atoms with Gasteiger partial charge in [-0.2, -0.15) is 0 Å². The molecular formula is Br4Ca2. The van der Waals surface area contributed by atoms with E-state index in [0.717, 1.165) is 0 Å². The maximum absolute atomic E-state index is 3.25. The van der Waals surface area contributed by atoms with Gasteiger partial charge in [-0.1, -0.05) is 0 Å². The molecule has 0 atom stereocenters. The fourth-order valence-corrected chi connectivity index (χ4v) is 0. The van der Waals surface area contributed by atoms with Crippen molar-refractivity contribution in [2.45, 2.75) is 0 Å². The molecule has 0 amide bonds. The Morgan fingerprint density at radius 2 is 0.667 bits per heavy atom. The number of hydrogen-bond donors (Lipinski definition) is 0. The fraction of sp³-hybridized carbons (Fsp3) is 0. The van der Waals surface area contributed by atoms with E-state index in [2.05, 4.69) is 38.8 Å². The van der Waals surface area contributed by atoms with Gasteiger partial charge in [0.25, 0.3) is 0 Å². The Bertz CT molecular complexity index is 7.51. The third-order valence-corrected chi connectivity index (χ3v) is 0. The van der Waals surface area contributed by atoms with Gasteiger partial charge in [0.1, 0.15) is 0 Å². The molecule has 0 aromatic heterocycles. The summed E-state index contributed by atoms with van der Waals surface area (Å²) >= 11 is -0.500. The molecule has 0 fully saturated rings. The summed E-state index contributed by atoms with van der Waals surface area (Å²) in [6.45, 7) is 0. The summed E-state index contributed by atoms with van der Waals surface area (Å²) in [4.78, 5) is 0. The van der Waals surface area contributed by atoms with Crippen molar-refractivity contribution in [3.63, 3.8) is 0 Å². The first kappa shape index (κ1) is 13.1. The normalized spacial score (nSPS) is 3.33. The summed E-state index contributed by atoms with van der Waals surface area (Å²) in [7, 11) is 13.0. The zero-order chi connectivity index (χ0) is 5.41. The second kappa shape index (κ2) is 16.2. The van der Waals surface area contributed by atoms with Crippen LogP contribution in [-0.4, -0.2) is 55.9 Å². The zero-order valence-corrected chi connectivity index (χ0v) is 13.7. The molecule has 0 heterocycles. The molecule has 0 N–H and O–H groups in total. The topological polar surface area (TPSA) is 0 Å². The van der Waals surface area contributed by atoms with E-state index in [9.17, 15) is 0 Å². The maximum atomic E-state index is 3.25. The van der Waals surface area contributed by atoms with Crippen molar-refractivity contribution in [1.29, 1.82) is 0 Å². The van der Waals surface area contributed by atoms with Crippen LogP contribution in [0.4, 0.5) is 0 Å². The van der Waals surface area contributed by atoms with Crippen molar-refractivity contribution in [1.82, 2.24) is 0 Å². The molecule has 32 valence electrons. The van der Waals surface area contributed by atoms with Gasteiger partial charge in [0.2, 0.25) is 0 Å². The van der Waals surface area contributed by atoms with Gasteiger partial charge < -0.3 is 0 Å². The number of rotatable bonds is 0. The molecule has 0 aromatic carbocycles. The molecule has 0 unspecified atom stereocenters. The van der Waals surface area contributed by atoms with Crippen LogP contribution in [0.25, 0.3) is 0 Å². The zero-order valence-electron chi connectivity index (χ0n) is 2.93. The fourth-order valence-electron chi connectivity index (χ4n) is 0. The van der Waals surface area contributed by atoms with Crippen molar-refractivity contribution < 1.29 is 0 Å². The Morgan fingerprint density at radius 3 is 0.667 bits per heavy atom. The molecule has 0 nitrogen and oxygen atoms in total. The summed E-state index contributed by atoms with van der Waals surface area (Å²) in [5.41, 5.74) is 0. The van der Waals surface area contributed by atoms with Crippen LogP contribution in [0.1, 0.15) is 0 Å². The Labute approximate surface area is 91.0 Å². The molecule has 6 heavy (non-hydrogen) atoms. The van der Waals surface area contributed by atoms with Crippen LogP contribution in [0.2, 0.25) is 0 Å². The van der Waals surface area contributed by atoms with E-state index >= 15 is 0 Å². The minimum atomic E-state index is -0.250. The van der Waals surface area contributed by atoms with Crippen molar-refractivity contribution in [2.24, 2.45) is 0 Å². The quantitative estimate of drug-likeness (QED) is 0.549. The van der Waals surface area contributed by atoms with Crippen LogP contribution in [0.3, 0.4) is 0 Å². The van der Waals surface area contributed by atoms with E-state index in [-0.39, 0.29) is 55.9 Å². The average Bonchev–Trinajstić information content (AvgIpc) is 1.39. The van der Waals surface area contributed by atoms with Crippen LogP contribution in [0, 0.1) is 0 Å². The molecule has 0 saturated heterocycles. The Balaban J connectivity index is 0. The molecule has 0 aliphatic heterocycles. The van der Waals surface area contributed by atoms with Crippen molar-refractivity contribution in [2.75, 3.05) is 0 Å². The molecule has 0 aromatic rings. The summed E-state index contributed by atoms with van der Waals surface area (Å²) in [6, 6.07) is 0. The molecule has 0 rings (SSSR count). The molecule has 0 aliphatic carbocycles. The third-order valence-electron chi connectivity index (χ3n) is 0. The monoisotopic (exact) mass is 396 g/mol. The first-order valence-corrected chi connectivity index (χ1v) is 22.9. The van der Waals surface area contributed by atoms with Crippen molar-refractivity contribution in [3.8, 4) is 0 Å². The van der Waals surface area contributed by atoms with E-state index in [1.54, 1.807) is 0 Å². The van der Waals surface area contributed by atoms with E-state index in [4.69, 9.17) is 0 Å². The predicted molar refractivity (Wildman–Crippen MR) is 47.2 cm³/mol. The molecule has 0 spiro atoms. The minimum absolute atomic E-state index is 0.250. The van der Waals surface area contributed by atoms with Gasteiger partial charge >= 0.3 is 94.7 Å². The van der Waals surface area contributed by atoms with E-state index < -0.39 is 0 Å². The second-order valence-corrected chi connectivity index (χ2v) is 22.5. The van der Waals surface area contributed by atoms with Crippen LogP contribution >= 0.6 is 38.8 Å². The molecule has 0 radical (unpaired) electrons. The second-order valence-electron chi connectivity index (χ2n) is 0.202. The average molecular weight is 400 g/mol. The molecule has 0 saturated carbocycles. The van der Waals surface area contributed by atoms with Crippen molar-refractivity contribution >= 4 is 94.7 Å². The van der Waals surface area contributed by atoms with E-state index in [1.807, 2.05) is 0 Å². The van der Waals surface area contributed by atoms with Crippen LogP contribution < -0.4 is 0 Å². The molecule has 0 bridgehead atoms. The standard InChI is InChI=1S/4BrH.2Ca/h4*1H;;/q;;;;2*+2/p-4. The molecule has 0 aliphatic rings. The van der Waals surface area contributed by atoms with Crippen LogP contribution in [0.5, 0.6) is 0 Å². The van der Waals surface area contributed by atoms with Crippen molar-refractivity contribution in [3.05, 3.63) is 0 Å². The summed E-state index contributed by atoms with van der Waals surface area (Å²) in [6.07, 6.45) is 0. The first-order valence-electron chi connectivity index (χ1n) is 1.07. The van der Waals surface area contributed by atoms with Gasteiger partial charge in [-0.15, -0.1) is 0 Å². The van der Waals surface area contributed by atoms with Gasteiger partial charge in [-0.05, 0) is 0 Å². The summed E-state index contributed by atoms with van der Waals surface area (Å²) in [5.74, 6) is 0. The summed E-state index contributed by atoms with van der Waals surface area (Å²) < 4.78 is 0. The third kappa shape index (κ3) is 23.7. The molecule has 6 heteroatoms. The van der Waals surface area contributed by atoms with Gasteiger partial charge in [0, 0.05) is 0 Å². The van der Waals surface area contributed by atoms with E-state index in [1.165, 1.54) is 0 Å². The van der Waals surface area contributed by atoms with Crippen LogP contribution in [0.15, 0.2) is 0 Å². The number of hydrogen-bond acceptors (Lipinski definition) is 0. The first-order chi connectivity index (χ1) is 2.83. The van der Waals surface area contributed by atoms with E-state index in [0.29, 0.717) is 0 Å². The molecular weight excluding hydrogens is 400 g/mol. The SMILES string of the molecule is [Br][Ca][Br].[Br][Ca][Br]. The van der Waals surface area contributed by atoms with Gasteiger partial charge in [0.15, 0.2) is 0 Å². The van der Waals surface area contributed by atoms with Gasteiger partial charge in [-0.25, -0.2) is 0 Å². The number of halogens is 4. The predicted octanol–water partition coefficient (Wildman–Crippen LogP) is 2.62. The Hall–Kier alpha value is 4.44. The summed E-state index contributed by atoms with van der Waals surface area (Å²) in [5, 5.41) is 0. The Kier molecular flexibility index (Phi) is 35.3. The van der Waals surface area contributed by atoms with Gasteiger partial charge in [-0.3, -0.25) is 0 Å². The Morgan fingerprint density at radius 1 is 0.667 bits per heavy atom.